The van der Waals surface area contributed by atoms with Gasteiger partial charge in [-0.25, -0.2) is 17.7 Å². The molecule has 1 rings (SSSR count). The highest BCUT2D eigenvalue weighted by Gasteiger charge is 2.09. The maximum absolute atomic E-state index is 11.1. The Labute approximate surface area is 95.5 Å². The van der Waals surface area contributed by atoms with E-state index in [0.29, 0.717) is 24.6 Å². The third kappa shape index (κ3) is 3.67. The summed E-state index contributed by atoms with van der Waals surface area (Å²) in [5.74, 6) is 0.407. The van der Waals surface area contributed by atoms with Crippen molar-refractivity contribution in [2.75, 3.05) is 37.4 Å². The van der Waals surface area contributed by atoms with Crippen molar-refractivity contribution < 1.29 is 8.42 Å². The van der Waals surface area contributed by atoms with E-state index in [9.17, 15) is 8.42 Å². The number of pyridine rings is 1. The van der Waals surface area contributed by atoms with Gasteiger partial charge in [0, 0.05) is 26.3 Å². The number of anilines is 2. The number of nitrogens with zero attached hydrogens (tertiary/aromatic N) is 2. The number of hydrogen-bond acceptors (Lipinski definition) is 5. The molecule has 0 fully saturated rings. The molecule has 7 heteroatoms. The van der Waals surface area contributed by atoms with E-state index in [1.165, 1.54) is 17.6 Å². The Hall–Kier alpha value is -1.34. The Kier molecular flexibility index (Phi) is 4.08. The van der Waals surface area contributed by atoms with Crippen LogP contribution in [0.5, 0.6) is 0 Å². The Balaban J connectivity index is 2.46. The molecule has 1 aromatic heterocycles. The van der Waals surface area contributed by atoms with Gasteiger partial charge in [-0.15, -0.1) is 0 Å². The summed E-state index contributed by atoms with van der Waals surface area (Å²) in [5, 5.41) is 3.02. The van der Waals surface area contributed by atoms with Crippen molar-refractivity contribution in [2.24, 2.45) is 0 Å². The zero-order chi connectivity index (χ0) is 12.2. The average Bonchev–Trinajstić information content (AvgIpc) is 2.19. The molecule has 0 amide bonds. The normalized spacial score (nSPS) is 11.7. The van der Waals surface area contributed by atoms with Gasteiger partial charge in [0.1, 0.15) is 5.82 Å². The second-order valence-corrected chi connectivity index (χ2v) is 5.54. The molecule has 0 spiro atoms. The molecule has 0 bridgehead atoms. The number of nitrogens with two attached hydrogens (primary N) is 1. The van der Waals surface area contributed by atoms with Gasteiger partial charge in [0.05, 0.1) is 11.9 Å². The fraction of sp³-hybridized carbons (Fsp3) is 0.444. The van der Waals surface area contributed by atoms with Crippen LogP contribution in [0.4, 0.5) is 11.5 Å². The molecule has 0 aromatic carbocycles. The Morgan fingerprint density at radius 1 is 1.56 bits per heavy atom. The molecule has 3 N–H and O–H groups in total. The number of nitrogens with one attached hydrogen (secondary N) is 1. The lowest BCUT2D eigenvalue weighted by Gasteiger charge is -2.15. The third-order valence-corrected chi connectivity index (χ3v) is 3.46. The molecule has 0 radical (unpaired) electrons. The van der Waals surface area contributed by atoms with Crippen LogP contribution < -0.4 is 11.1 Å². The van der Waals surface area contributed by atoms with Crippen LogP contribution in [-0.4, -0.2) is 44.1 Å². The monoisotopic (exact) mass is 244 g/mol. The van der Waals surface area contributed by atoms with Crippen LogP contribution in [0.3, 0.4) is 0 Å². The maximum Gasteiger partial charge on any atom is 0.211 e. The predicted octanol–water partition coefficient (Wildman–Crippen LogP) is -0.0329. The molecule has 0 aliphatic rings. The summed E-state index contributed by atoms with van der Waals surface area (Å²) in [6.45, 7) is 0.868. The first-order chi connectivity index (χ1) is 7.41. The number of hydrogen-bond donors (Lipinski definition) is 2. The Bertz CT molecular complexity index is 447. The standard InChI is InChI=1S/C9H16N4O2S/c1-13(16(2,14)15)7-6-11-8-4-3-5-12-9(8)10/h3-5,11H,6-7H2,1-2H3,(H2,10,12). The first-order valence-electron chi connectivity index (χ1n) is 4.77. The van der Waals surface area contributed by atoms with Crippen molar-refractivity contribution in [3.8, 4) is 0 Å². The van der Waals surface area contributed by atoms with Gasteiger partial charge in [-0.3, -0.25) is 0 Å². The molecule has 0 aliphatic heterocycles. The molecule has 0 unspecified atom stereocenters. The predicted molar refractivity (Wildman–Crippen MR) is 64.6 cm³/mol. The highest BCUT2D eigenvalue weighted by atomic mass is 32.2. The zero-order valence-corrected chi connectivity index (χ0v) is 10.2. The molecule has 0 saturated heterocycles. The van der Waals surface area contributed by atoms with Gasteiger partial charge in [0.15, 0.2) is 0 Å². The minimum atomic E-state index is -3.12. The number of nitrogen functional groups attached to an aromatic ring is 1. The first-order valence-corrected chi connectivity index (χ1v) is 6.62. The molecule has 1 heterocycles. The second kappa shape index (κ2) is 5.13. The average molecular weight is 244 g/mol. The summed E-state index contributed by atoms with van der Waals surface area (Å²) < 4.78 is 23.5. The van der Waals surface area contributed by atoms with E-state index in [2.05, 4.69) is 10.3 Å². The summed E-state index contributed by atoms with van der Waals surface area (Å²) in [6.07, 6.45) is 2.77. The SMILES string of the molecule is CN(CCNc1cccnc1N)S(C)(=O)=O. The van der Waals surface area contributed by atoms with Crippen molar-refractivity contribution in [1.29, 1.82) is 0 Å². The number of sulfonamides is 1. The smallest absolute Gasteiger partial charge is 0.211 e. The largest absolute Gasteiger partial charge is 0.382 e. The molecule has 0 saturated carbocycles. The lowest BCUT2D eigenvalue weighted by Crippen LogP contribution is -2.30. The summed E-state index contributed by atoms with van der Waals surface area (Å²) in [7, 11) is -1.59. The van der Waals surface area contributed by atoms with Crippen molar-refractivity contribution in [3.05, 3.63) is 18.3 Å². The van der Waals surface area contributed by atoms with Crippen LogP contribution in [0.2, 0.25) is 0 Å². The van der Waals surface area contributed by atoms with Gasteiger partial charge in [0.25, 0.3) is 0 Å². The maximum atomic E-state index is 11.1. The van der Waals surface area contributed by atoms with Gasteiger partial charge in [-0.1, -0.05) is 0 Å². The van der Waals surface area contributed by atoms with Gasteiger partial charge in [-0.05, 0) is 12.1 Å². The van der Waals surface area contributed by atoms with Crippen molar-refractivity contribution >= 4 is 21.5 Å². The second-order valence-electron chi connectivity index (χ2n) is 3.45. The Morgan fingerprint density at radius 2 is 2.25 bits per heavy atom. The van der Waals surface area contributed by atoms with E-state index in [1.807, 2.05) is 0 Å². The van der Waals surface area contributed by atoms with Crippen molar-refractivity contribution in [3.63, 3.8) is 0 Å². The minimum Gasteiger partial charge on any atom is -0.382 e. The Morgan fingerprint density at radius 3 is 2.81 bits per heavy atom. The minimum absolute atomic E-state index is 0.382. The van der Waals surface area contributed by atoms with Crippen LogP contribution in [0.25, 0.3) is 0 Å². The van der Waals surface area contributed by atoms with Gasteiger partial charge >= 0.3 is 0 Å². The van der Waals surface area contributed by atoms with E-state index in [0.717, 1.165) is 0 Å². The van der Waals surface area contributed by atoms with E-state index in [1.54, 1.807) is 18.3 Å². The van der Waals surface area contributed by atoms with E-state index < -0.39 is 10.0 Å². The molecule has 90 valence electrons. The summed E-state index contributed by atoms with van der Waals surface area (Å²) in [5.41, 5.74) is 6.33. The quantitative estimate of drug-likeness (QED) is 0.759. The summed E-state index contributed by atoms with van der Waals surface area (Å²) >= 11 is 0. The molecular weight excluding hydrogens is 228 g/mol. The van der Waals surface area contributed by atoms with Crippen LogP contribution in [-0.2, 0) is 10.0 Å². The van der Waals surface area contributed by atoms with Crippen molar-refractivity contribution in [2.45, 2.75) is 0 Å². The fourth-order valence-corrected chi connectivity index (χ4v) is 1.50. The molecule has 0 atom stereocenters. The molecule has 0 aliphatic carbocycles. The van der Waals surface area contributed by atoms with E-state index in [-0.39, 0.29) is 0 Å². The highest BCUT2D eigenvalue weighted by molar-refractivity contribution is 7.88. The molecular formula is C9H16N4O2S. The van der Waals surface area contributed by atoms with E-state index >= 15 is 0 Å². The first kappa shape index (κ1) is 12.7. The molecule has 16 heavy (non-hydrogen) atoms. The van der Waals surface area contributed by atoms with Crippen molar-refractivity contribution in [1.82, 2.24) is 9.29 Å². The van der Waals surface area contributed by atoms with Crippen LogP contribution in [0.1, 0.15) is 0 Å². The fourth-order valence-electron chi connectivity index (χ4n) is 1.08. The summed E-state index contributed by atoms with van der Waals surface area (Å²) in [4.78, 5) is 3.91. The summed E-state index contributed by atoms with van der Waals surface area (Å²) in [6, 6.07) is 3.56. The zero-order valence-electron chi connectivity index (χ0n) is 9.34. The highest BCUT2D eigenvalue weighted by Crippen LogP contribution is 2.12. The van der Waals surface area contributed by atoms with Crippen LogP contribution in [0.15, 0.2) is 18.3 Å². The molecule has 6 nitrogen and oxygen atoms in total. The van der Waals surface area contributed by atoms with Gasteiger partial charge in [0.2, 0.25) is 10.0 Å². The van der Waals surface area contributed by atoms with Gasteiger partial charge in [-0.2, -0.15) is 0 Å². The lowest BCUT2D eigenvalue weighted by atomic mass is 10.4. The number of aromatic nitrogens is 1. The lowest BCUT2D eigenvalue weighted by molar-refractivity contribution is 0.486. The van der Waals surface area contributed by atoms with Crippen LogP contribution >= 0.6 is 0 Å². The number of rotatable bonds is 5. The topological polar surface area (TPSA) is 88.3 Å². The number of likely N-dealkylation sites (N-methyl/N-ethyl adjacent to an activating group) is 1. The molecule has 1 aromatic rings. The van der Waals surface area contributed by atoms with Crippen LogP contribution in [0, 0.1) is 0 Å². The third-order valence-electron chi connectivity index (χ3n) is 2.15. The van der Waals surface area contributed by atoms with Gasteiger partial charge < -0.3 is 11.1 Å². The van der Waals surface area contributed by atoms with E-state index in [4.69, 9.17) is 5.73 Å².